The van der Waals surface area contributed by atoms with Gasteiger partial charge in [-0.3, -0.25) is 37.7 Å². The van der Waals surface area contributed by atoms with Crippen molar-refractivity contribution >= 4 is 7.82 Å². The number of aromatic nitrogens is 4. The van der Waals surface area contributed by atoms with Crippen LogP contribution in [0.1, 0.15) is 30.9 Å². The zero-order chi connectivity index (χ0) is 26.2. The molecule has 4 rings (SSSR count). The summed E-state index contributed by atoms with van der Waals surface area (Å²) in [6.07, 6.45) is -4.14. The summed E-state index contributed by atoms with van der Waals surface area (Å²) in [5.74, 6) is 0. The average molecular weight is 532 g/mol. The summed E-state index contributed by atoms with van der Waals surface area (Å²) in [4.78, 5) is 61.3. The number of aliphatic hydroxyl groups is 2. The van der Waals surface area contributed by atoms with Gasteiger partial charge < -0.3 is 24.6 Å². The minimum absolute atomic E-state index is 0.0470. The van der Waals surface area contributed by atoms with E-state index in [0.29, 0.717) is 0 Å². The van der Waals surface area contributed by atoms with Crippen LogP contribution in [-0.4, -0.2) is 71.8 Å². The Bertz CT molecular complexity index is 1380. The van der Waals surface area contributed by atoms with E-state index in [2.05, 4.69) is 9.97 Å². The van der Waals surface area contributed by atoms with E-state index >= 15 is 0 Å². The molecular formula is C19H25N4O12P. The van der Waals surface area contributed by atoms with Crippen LogP contribution in [0.2, 0.25) is 0 Å². The van der Waals surface area contributed by atoms with E-state index in [1.165, 1.54) is 19.3 Å². The zero-order valence-electron chi connectivity index (χ0n) is 18.9. The van der Waals surface area contributed by atoms with E-state index in [1.54, 1.807) is 0 Å². The second kappa shape index (κ2) is 10.4. The lowest BCUT2D eigenvalue weighted by Gasteiger charge is -2.21. The maximum absolute atomic E-state index is 12.6. The Morgan fingerprint density at radius 1 is 1.08 bits per heavy atom. The van der Waals surface area contributed by atoms with Gasteiger partial charge in [0.15, 0.2) is 0 Å². The zero-order valence-corrected chi connectivity index (χ0v) is 19.8. The molecular weight excluding hydrogens is 507 g/mol. The number of nitrogens with one attached hydrogen (secondary N) is 2. The molecule has 2 aliphatic heterocycles. The maximum Gasteiger partial charge on any atom is 0.472 e. The van der Waals surface area contributed by atoms with Crippen LogP contribution >= 0.6 is 7.82 Å². The molecule has 0 bridgehead atoms. The van der Waals surface area contributed by atoms with Crippen molar-refractivity contribution in [1.29, 1.82) is 0 Å². The number of hydrogen-bond donors (Lipinski definition) is 5. The summed E-state index contributed by atoms with van der Waals surface area (Å²) in [7, 11) is -4.77. The number of ether oxygens (including phenoxy) is 2. The number of phosphoric acid groups is 1. The molecule has 0 radical (unpaired) electrons. The number of hydrogen-bond acceptors (Lipinski definition) is 11. The Morgan fingerprint density at radius 2 is 1.75 bits per heavy atom. The Kier molecular flexibility index (Phi) is 7.59. The van der Waals surface area contributed by atoms with Gasteiger partial charge in [0.1, 0.15) is 30.8 Å². The third kappa shape index (κ3) is 5.66. The van der Waals surface area contributed by atoms with E-state index in [0.717, 1.165) is 15.2 Å². The lowest BCUT2D eigenvalue weighted by molar-refractivity contribution is -0.0575. The molecule has 4 heterocycles. The highest BCUT2D eigenvalue weighted by atomic mass is 31.2. The minimum Gasteiger partial charge on any atom is -0.394 e. The number of aryl methyl sites for hydroxylation is 1. The second-order valence-electron chi connectivity index (χ2n) is 8.38. The molecule has 2 saturated heterocycles. The predicted molar refractivity (Wildman–Crippen MR) is 118 cm³/mol. The molecule has 2 aromatic rings. The fourth-order valence-electron chi connectivity index (χ4n) is 4.01. The highest BCUT2D eigenvalue weighted by Crippen LogP contribution is 2.48. The van der Waals surface area contributed by atoms with Crippen molar-refractivity contribution in [2.24, 2.45) is 0 Å². The van der Waals surface area contributed by atoms with E-state index in [4.69, 9.17) is 18.5 Å². The molecule has 16 nitrogen and oxygen atoms in total. The van der Waals surface area contributed by atoms with Crippen LogP contribution in [0.15, 0.2) is 37.6 Å². The maximum atomic E-state index is 12.6. The number of nitrogens with zero attached hydrogens (tertiary/aromatic N) is 2. The highest BCUT2D eigenvalue weighted by molar-refractivity contribution is 7.47. The van der Waals surface area contributed by atoms with Crippen LogP contribution in [0.4, 0.5) is 0 Å². The molecule has 0 aliphatic carbocycles. The first-order chi connectivity index (χ1) is 17.0. The van der Waals surface area contributed by atoms with Crippen LogP contribution in [0.25, 0.3) is 0 Å². The first kappa shape index (κ1) is 26.4. The topological polar surface area (TPSA) is 224 Å². The lowest BCUT2D eigenvalue weighted by atomic mass is 10.2. The first-order valence-corrected chi connectivity index (χ1v) is 12.4. The Labute approximate surface area is 201 Å². The quantitative estimate of drug-likeness (QED) is 0.229. The van der Waals surface area contributed by atoms with Crippen molar-refractivity contribution in [2.75, 3.05) is 13.2 Å². The van der Waals surface area contributed by atoms with Gasteiger partial charge in [-0.15, -0.1) is 0 Å². The van der Waals surface area contributed by atoms with Gasteiger partial charge in [-0.25, -0.2) is 14.2 Å². The molecule has 0 aromatic carbocycles. The van der Waals surface area contributed by atoms with Crippen molar-refractivity contribution in [3.63, 3.8) is 0 Å². The van der Waals surface area contributed by atoms with Crippen LogP contribution in [0.5, 0.6) is 0 Å². The van der Waals surface area contributed by atoms with Gasteiger partial charge in [0.05, 0.1) is 19.3 Å². The Hall–Kier alpha value is -2.69. The third-order valence-corrected chi connectivity index (χ3v) is 6.87. The van der Waals surface area contributed by atoms with Crippen LogP contribution < -0.4 is 22.5 Å². The summed E-state index contributed by atoms with van der Waals surface area (Å²) in [6, 6.07) is 1.10. The summed E-state index contributed by atoms with van der Waals surface area (Å²) in [6.45, 7) is 0.301. The van der Waals surface area contributed by atoms with Gasteiger partial charge in [-0.2, -0.15) is 0 Å². The normalized spacial score (nSPS) is 29.9. The number of rotatable bonds is 8. The number of aromatic amines is 2. The Morgan fingerprint density at radius 3 is 2.44 bits per heavy atom. The molecule has 1 unspecified atom stereocenters. The van der Waals surface area contributed by atoms with Crippen molar-refractivity contribution in [3.8, 4) is 0 Å². The van der Waals surface area contributed by atoms with Crippen molar-refractivity contribution in [2.45, 2.75) is 56.6 Å². The number of H-pyrrole nitrogens is 2. The van der Waals surface area contributed by atoms with Gasteiger partial charge in [0.25, 0.3) is 11.1 Å². The average Bonchev–Trinajstić information content (AvgIpc) is 3.37. The minimum atomic E-state index is -4.77. The monoisotopic (exact) mass is 532 g/mol. The summed E-state index contributed by atoms with van der Waals surface area (Å²) in [5, 5.41) is 19.9. The summed E-state index contributed by atoms with van der Waals surface area (Å²) in [5.41, 5.74) is -2.46. The highest BCUT2D eigenvalue weighted by Gasteiger charge is 2.43. The standard InChI is InChI=1S/C19H25N4O12P/c1-9-6-23(19(29)21-17(9)27)16-5-11(12(7-24)33-16)35-36(30,31)32-8-13-10(25)4-15(34-13)22-3-2-14(26)20-18(22)28/h2-3,6,10-13,15-16,24-25H,4-5,7-8H2,1H3,(H,30,31)(H,20,26,28)(H,21,27,29)/t10-,11-,12+,13+,15+,16+/m0/s1. The molecule has 2 aliphatic rings. The SMILES string of the molecule is Cc1cn([C@H]2C[C@H](OP(=O)(O)OC[C@H]3O[C@@H](n4ccc(=O)[nH]c4=O)C[C@@H]3O)[C@@H](CO)O2)c(=O)[nH]c1=O. The smallest absolute Gasteiger partial charge is 0.394 e. The predicted octanol–water partition coefficient (Wildman–Crippen LogP) is -2.17. The molecule has 36 heavy (non-hydrogen) atoms. The fourth-order valence-corrected chi connectivity index (χ4v) is 4.97. The Balaban J connectivity index is 1.38. The molecule has 2 fully saturated rings. The third-order valence-electron chi connectivity index (χ3n) is 5.85. The molecule has 0 spiro atoms. The number of aliphatic hydroxyl groups excluding tert-OH is 2. The van der Waals surface area contributed by atoms with Crippen molar-refractivity contribution in [1.82, 2.24) is 19.1 Å². The summed E-state index contributed by atoms with van der Waals surface area (Å²) >= 11 is 0. The van der Waals surface area contributed by atoms with Gasteiger partial charge in [0, 0.05) is 36.9 Å². The molecule has 17 heteroatoms. The van der Waals surface area contributed by atoms with Gasteiger partial charge in [0.2, 0.25) is 0 Å². The first-order valence-electron chi connectivity index (χ1n) is 10.9. The summed E-state index contributed by atoms with van der Waals surface area (Å²) < 4.78 is 36.0. The van der Waals surface area contributed by atoms with Gasteiger partial charge in [-0.05, 0) is 6.92 Å². The molecule has 5 N–H and O–H groups in total. The van der Waals surface area contributed by atoms with Crippen LogP contribution in [0.3, 0.4) is 0 Å². The fraction of sp³-hybridized carbons (Fsp3) is 0.579. The van der Waals surface area contributed by atoms with E-state index in [9.17, 15) is 38.8 Å². The van der Waals surface area contributed by atoms with Crippen molar-refractivity contribution < 1.29 is 38.2 Å². The van der Waals surface area contributed by atoms with Crippen LogP contribution in [0, 0.1) is 6.92 Å². The van der Waals surface area contributed by atoms with Crippen LogP contribution in [-0.2, 0) is 23.1 Å². The number of phosphoric ester groups is 1. The van der Waals surface area contributed by atoms with E-state index in [-0.39, 0.29) is 18.4 Å². The van der Waals surface area contributed by atoms with Gasteiger partial charge >= 0.3 is 19.2 Å². The molecule has 198 valence electrons. The molecule has 0 saturated carbocycles. The van der Waals surface area contributed by atoms with Crippen molar-refractivity contribution in [3.05, 3.63) is 65.7 Å². The lowest BCUT2D eigenvalue weighted by Crippen LogP contribution is -2.33. The molecule has 0 amide bonds. The molecule has 2 aromatic heterocycles. The largest absolute Gasteiger partial charge is 0.472 e. The molecule has 7 atom stereocenters. The second-order valence-corrected chi connectivity index (χ2v) is 9.79. The van der Waals surface area contributed by atoms with E-state index < -0.39 is 80.4 Å². The van der Waals surface area contributed by atoms with Gasteiger partial charge in [-0.1, -0.05) is 0 Å². The van der Waals surface area contributed by atoms with E-state index in [1.807, 2.05) is 0 Å².